The minimum Gasteiger partial charge on any atom is -0.457 e. The van der Waals surface area contributed by atoms with E-state index < -0.39 is 11.6 Å². The van der Waals surface area contributed by atoms with Gasteiger partial charge in [-0.1, -0.05) is 31.5 Å². The summed E-state index contributed by atoms with van der Waals surface area (Å²) < 4.78 is 31.8. The van der Waals surface area contributed by atoms with Crippen LogP contribution in [0.15, 0.2) is 36.4 Å². The lowest BCUT2D eigenvalue weighted by Gasteiger charge is -2.15. The van der Waals surface area contributed by atoms with E-state index in [0.29, 0.717) is 17.3 Å². The summed E-state index contributed by atoms with van der Waals surface area (Å²) in [5.41, 5.74) is 0.776. The molecule has 0 atom stereocenters. The lowest BCUT2D eigenvalue weighted by molar-refractivity contribution is 0.453. The SMILES string of the molecule is CC(C)NCc1c(Cl)cccc1Oc1ccc(F)c(F)c1. The molecular weight excluding hydrogens is 296 g/mol. The van der Waals surface area contributed by atoms with Gasteiger partial charge in [-0.05, 0) is 24.3 Å². The first-order valence-electron chi connectivity index (χ1n) is 6.61. The summed E-state index contributed by atoms with van der Waals surface area (Å²) in [4.78, 5) is 0. The lowest BCUT2D eigenvalue weighted by Crippen LogP contribution is -2.22. The zero-order chi connectivity index (χ0) is 15.4. The van der Waals surface area contributed by atoms with Crippen LogP contribution in [0.2, 0.25) is 5.02 Å². The third-order valence-corrected chi connectivity index (χ3v) is 3.24. The van der Waals surface area contributed by atoms with Gasteiger partial charge in [-0.15, -0.1) is 0 Å². The molecule has 0 aliphatic heterocycles. The highest BCUT2D eigenvalue weighted by Crippen LogP contribution is 2.31. The number of rotatable bonds is 5. The zero-order valence-corrected chi connectivity index (χ0v) is 12.5. The van der Waals surface area contributed by atoms with Crippen molar-refractivity contribution in [1.82, 2.24) is 5.32 Å². The molecule has 2 rings (SSSR count). The Hall–Kier alpha value is -1.65. The van der Waals surface area contributed by atoms with Gasteiger partial charge in [0.1, 0.15) is 11.5 Å². The van der Waals surface area contributed by atoms with Gasteiger partial charge in [0.15, 0.2) is 11.6 Å². The molecule has 2 aromatic rings. The van der Waals surface area contributed by atoms with Gasteiger partial charge < -0.3 is 10.1 Å². The quantitative estimate of drug-likeness (QED) is 0.847. The maximum absolute atomic E-state index is 13.2. The Morgan fingerprint density at radius 1 is 1.14 bits per heavy atom. The molecule has 0 bridgehead atoms. The first-order valence-corrected chi connectivity index (χ1v) is 6.99. The zero-order valence-electron chi connectivity index (χ0n) is 11.8. The van der Waals surface area contributed by atoms with E-state index in [0.717, 1.165) is 17.7 Å². The van der Waals surface area contributed by atoms with Crippen LogP contribution in [0, 0.1) is 11.6 Å². The van der Waals surface area contributed by atoms with Crippen LogP contribution >= 0.6 is 11.6 Å². The molecule has 2 aromatic carbocycles. The molecule has 0 unspecified atom stereocenters. The Kier molecular flexibility index (Phi) is 5.15. The summed E-state index contributed by atoms with van der Waals surface area (Å²) in [5.74, 6) is -1.12. The Balaban J connectivity index is 2.26. The highest BCUT2D eigenvalue weighted by atomic mass is 35.5. The second-order valence-corrected chi connectivity index (χ2v) is 5.34. The average molecular weight is 312 g/mol. The molecule has 0 heterocycles. The van der Waals surface area contributed by atoms with Crippen LogP contribution in [0.1, 0.15) is 19.4 Å². The summed E-state index contributed by atoms with van der Waals surface area (Å²) in [7, 11) is 0. The van der Waals surface area contributed by atoms with Gasteiger partial charge >= 0.3 is 0 Å². The van der Waals surface area contributed by atoms with Crippen LogP contribution < -0.4 is 10.1 Å². The largest absolute Gasteiger partial charge is 0.457 e. The number of hydrogen-bond acceptors (Lipinski definition) is 2. The van der Waals surface area contributed by atoms with Crippen molar-refractivity contribution in [3.63, 3.8) is 0 Å². The van der Waals surface area contributed by atoms with E-state index in [1.54, 1.807) is 18.2 Å². The number of benzene rings is 2. The maximum Gasteiger partial charge on any atom is 0.162 e. The Labute approximate surface area is 127 Å². The minimum atomic E-state index is -0.948. The number of nitrogens with one attached hydrogen (secondary N) is 1. The van der Waals surface area contributed by atoms with Crippen molar-refractivity contribution in [3.8, 4) is 11.5 Å². The predicted octanol–water partition coefficient (Wildman–Crippen LogP) is 4.91. The molecule has 112 valence electrons. The number of hydrogen-bond donors (Lipinski definition) is 1. The molecule has 2 nitrogen and oxygen atoms in total. The highest BCUT2D eigenvalue weighted by Gasteiger charge is 2.11. The van der Waals surface area contributed by atoms with Gasteiger partial charge in [0, 0.05) is 29.2 Å². The molecule has 0 saturated carbocycles. The molecule has 0 fully saturated rings. The standard InChI is InChI=1S/C16H16ClF2NO/c1-10(2)20-9-12-13(17)4-3-5-16(12)21-11-6-7-14(18)15(19)8-11/h3-8,10,20H,9H2,1-2H3. The third-order valence-electron chi connectivity index (χ3n) is 2.88. The third kappa shape index (κ3) is 4.16. The fraction of sp³-hybridized carbons (Fsp3) is 0.250. The van der Waals surface area contributed by atoms with E-state index in [2.05, 4.69) is 5.32 Å². The normalized spacial score (nSPS) is 11.0. The Morgan fingerprint density at radius 2 is 1.90 bits per heavy atom. The minimum absolute atomic E-state index is 0.224. The van der Waals surface area contributed by atoms with Crippen LogP contribution in [0.25, 0.3) is 0 Å². The fourth-order valence-electron chi connectivity index (χ4n) is 1.78. The predicted molar refractivity (Wildman–Crippen MR) is 79.9 cm³/mol. The summed E-state index contributed by atoms with van der Waals surface area (Å²) in [6, 6.07) is 8.95. The van der Waals surface area contributed by atoms with Gasteiger partial charge in [-0.3, -0.25) is 0 Å². The van der Waals surface area contributed by atoms with Gasteiger partial charge in [-0.2, -0.15) is 0 Å². The van der Waals surface area contributed by atoms with E-state index in [-0.39, 0.29) is 11.8 Å². The molecule has 0 spiro atoms. The van der Waals surface area contributed by atoms with Crippen molar-refractivity contribution in [3.05, 3.63) is 58.6 Å². The molecule has 0 aliphatic carbocycles. The van der Waals surface area contributed by atoms with Gasteiger partial charge in [0.25, 0.3) is 0 Å². The smallest absolute Gasteiger partial charge is 0.162 e. The fourth-order valence-corrected chi connectivity index (χ4v) is 2.01. The van der Waals surface area contributed by atoms with Crippen molar-refractivity contribution in [1.29, 1.82) is 0 Å². The second-order valence-electron chi connectivity index (χ2n) is 4.93. The van der Waals surface area contributed by atoms with Crippen molar-refractivity contribution in [2.75, 3.05) is 0 Å². The Bertz CT molecular complexity index is 632. The first kappa shape index (κ1) is 15.7. The van der Waals surface area contributed by atoms with Gasteiger partial charge in [0.05, 0.1) is 0 Å². The van der Waals surface area contributed by atoms with Crippen molar-refractivity contribution < 1.29 is 13.5 Å². The van der Waals surface area contributed by atoms with E-state index in [9.17, 15) is 8.78 Å². The molecule has 0 aromatic heterocycles. The lowest BCUT2D eigenvalue weighted by atomic mass is 10.2. The molecular formula is C16H16ClF2NO. The number of ether oxygens (including phenoxy) is 1. The summed E-state index contributed by atoms with van der Waals surface area (Å²) in [6.45, 7) is 4.57. The topological polar surface area (TPSA) is 21.3 Å². The molecule has 0 aliphatic rings. The van der Waals surface area contributed by atoms with Crippen LogP contribution in [0.5, 0.6) is 11.5 Å². The number of halogens is 3. The van der Waals surface area contributed by atoms with E-state index in [4.69, 9.17) is 16.3 Å². The highest BCUT2D eigenvalue weighted by molar-refractivity contribution is 6.31. The summed E-state index contributed by atoms with van der Waals surface area (Å²) in [6.07, 6.45) is 0. The molecule has 5 heteroatoms. The van der Waals surface area contributed by atoms with Gasteiger partial charge in [-0.25, -0.2) is 8.78 Å². The van der Waals surface area contributed by atoms with E-state index >= 15 is 0 Å². The first-order chi connectivity index (χ1) is 9.97. The average Bonchev–Trinajstić information content (AvgIpc) is 2.42. The van der Waals surface area contributed by atoms with Crippen LogP contribution in [-0.4, -0.2) is 6.04 Å². The second kappa shape index (κ2) is 6.87. The molecule has 0 radical (unpaired) electrons. The van der Waals surface area contributed by atoms with Crippen LogP contribution in [0.3, 0.4) is 0 Å². The van der Waals surface area contributed by atoms with Gasteiger partial charge in [0.2, 0.25) is 0 Å². The molecule has 1 N–H and O–H groups in total. The summed E-state index contributed by atoms with van der Waals surface area (Å²) in [5, 5.41) is 3.81. The molecule has 21 heavy (non-hydrogen) atoms. The Morgan fingerprint density at radius 3 is 2.57 bits per heavy atom. The van der Waals surface area contributed by atoms with Crippen LogP contribution in [-0.2, 0) is 6.54 Å². The van der Waals surface area contributed by atoms with Crippen molar-refractivity contribution in [2.45, 2.75) is 26.4 Å². The summed E-state index contributed by atoms with van der Waals surface area (Å²) >= 11 is 6.18. The van der Waals surface area contributed by atoms with Crippen molar-refractivity contribution >= 4 is 11.6 Å². The maximum atomic E-state index is 13.2. The van der Waals surface area contributed by atoms with Crippen LogP contribution in [0.4, 0.5) is 8.78 Å². The monoisotopic (exact) mass is 311 g/mol. The molecule has 0 saturated heterocycles. The van der Waals surface area contributed by atoms with E-state index in [1.807, 2.05) is 13.8 Å². The van der Waals surface area contributed by atoms with E-state index in [1.165, 1.54) is 6.07 Å². The van der Waals surface area contributed by atoms with Crippen molar-refractivity contribution in [2.24, 2.45) is 0 Å². The molecule has 0 amide bonds.